The normalized spacial score (nSPS) is 11.0. The van der Waals surface area contributed by atoms with E-state index in [0.717, 1.165) is 22.5 Å². The fourth-order valence-electron chi connectivity index (χ4n) is 2.37. The average Bonchev–Trinajstić information content (AvgIpc) is 2.66. The molecule has 0 aliphatic carbocycles. The van der Waals surface area contributed by atoms with Crippen LogP contribution in [-0.4, -0.2) is 42.3 Å². The van der Waals surface area contributed by atoms with Crippen LogP contribution < -0.4 is 15.5 Å². The summed E-state index contributed by atoms with van der Waals surface area (Å²) in [5.74, 6) is 0.544. The number of hydrogen-bond donors (Lipinski definition) is 2. The molecule has 0 saturated heterocycles. The molecule has 0 bridgehead atoms. The standard InChI is InChI=1S/C21H26N4O2S/c1-14-6-11-19(15(2)12-14)22-21(28)24-23-16(3)17-7-9-18(10-8-17)27-13-20(26)25(4)5/h6-12H,13H2,1-5H3,(H2,22,24,28)/b23-16-. The molecule has 0 atom stereocenters. The summed E-state index contributed by atoms with van der Waals surface area (Å²) in [6.07, 6.45) is 0. The summed E-state index contributed by atoms with van der Waals surface area (Å²) >= 11 is 5.31. The number of benzene rings is 2. The number of aryl methyl sites for hydroxylation is 2. The third kappa shape index (κ3) is 6.35. The van der Waals surface area contributed by atoms with Gasteiger partial charge in [0, 0.05) is 19.8 Å². The van der Waals surface area contributed by atoms with E-state index in [2.05, 4.69) is 28.8 Å². The van der Waals surface area contributed by atoms with Gasteiger partial charge in [0.2, 0.25) is 0 Å². The minimum absolute atomic E-state index is 0.0132. The Hall–Kier alpha value is -2.93. The predicted molar refractivity (Wildman–Crippen MR) is 118 cm³/mol. The molecule has 0 aliphatic rings. The molecule has 2 N–H and O–H groups in total. The number of ether oxygens (including phenoxy) is 1. The van der Waals surface area contributed by atoms with Crippen LogP contribution in [0.4, 0.5) is 5.69 Å². The molecule has 28 heavy (non-hydrogen) atoms. The summed E-state index contributed by atoms with van der Waals surface area (Å²) in [6.45, 7) is 5.98. The van der Waals surface area contributed by atoms with Crippen molar-refractivity contribution in [3.63, 3.8) is 0 Å². The second-order valence-corrected chi connectivity index (χ2v) is 7.09. The number of likely N-dealkylation sites (N-methyl/N-ethyl adjacent to an activating group) is 1. The van der Waals surface area contributed by atoms with Crippen LogP contribution in [0.5, 0.6) is 5.75 Å². The SMILES string of the molecule is C/C(=N/NC(=S)Nc1ccc(C)cc1C)c1ccc(OCC(=O)N(C)C)cc1. The van der Waals surface area contributed by atoms with Crippen LogP contribution >= 0.6 is 12.2 Å². The molecule has 0 radical (unpaired) electrons. The van der Waals surface area contributed by atoms with Crippen LogP contribution in [-0.2, 0) is 4.79 Å². The van der Waals surface area contributed by atoms with E-state index in [9.17, 15) is 4.79 Å². The maximum Gasteiger partial charge on any atom is 0.259 e. The van der Waals surface area contributed by atoms with Gasteiger partial charge in [0.05, 0.1) is 5.71 Å². The quantitative estimate of drug-likeness (QED) is 0.443. The fourth-order valence-corrected chi connectivity index (χ4v) is 2.53. The largest absolute Gasteiger partial charge is 0.484 e. The van der Waals surface area contributed by atoms with E-state index < -0.39 is 0 Å². The number of anilines is 1. The monoisotopic (exact) mass is 398 g/mol. The van der Waals surface area contributed by atoms with Gasteiger partial charge < -0.3 is 15.0 Å². The Balaban J connectivity index is 1.91. The molecule has 0 spiro atoms. The molecule has 2 aromatic carbocycles. The Morgan fingerprint density at radius 2 is 1.82 bits per heavy atom. The van der Waals surface area contributed by atoms with Crippen LogP contribution in [0, 0.1) is 13.8 Å². The molecule has 148 valence electrons. The first-order chi connectivity index (χ1) is 13.3. The number of hydrazone groups is 1. The van der Waals surface area contributed by atoms with Crippen LogP contribution in [0.25, 0.3) is 0 Å². The third-order valence-corrected chi connectivity index (χ3v) is 4.28. The third-order valence-electron chi connectivity index (χ3n) is 4.09. The molecular weight excluding hydrogens is 372 g/mol. The lowest BCUT2D eigenvalue weighted by atomic mass is 10.1. The van der Waals surface area contributed by atoms with E-state index in [1.54, 1.807) is 14.1 Å². The number of nitrogens with zero attached hydrogens (tertiary/aromatic N) is 2. The first-order valence-corrected chi connectivity index (χ1v) is 9.29. The number of carbonyl (C=O) groups excluding carboxylic acids is 1. The Bertz CT molecular complexity index is 876. The van der Waals surface area contributed by atoms with Gasteiger partial charge in [-0.05, 0) is 74.4 Å². The molecular formula is C21H26N4O2S. The zero-order chi connectivity index (χ0) is 20.7. The van der Waals surface area contributed by atoms with Crippen molar-refractivity contribution in [1.82, 2.24) is 10.3 Å². The number of amides is 1. The van der Waals surface area contributed by atoms with E-state index in [0.29, 0.717) is 10.9 Å². The molecule has 0 unspecified atom stereocenters. The minimum Gasteiger partial charge on any atom is -0.484 e. The molecule has 1 amide bonds. The highest BCUT2D eigenvalue weighted by Gasteiger charge is 2.06. The van der Waals surface area contributed by atoms with E-state index in [4.69, 9.17) is 17.0 Å². The molecule has 6 nitrogen and oxygen atoms in total. The number of rotatable bonds is 6. The van der Waals surface area contributed by atoms with E-state index in [-0.39, 0.29) is 12.5 Å². The maximum atomic E-state index is 11.6. The molecule has 0 heterocycles. The maximum absolute atomic E-state index is 11.6. The molecule has 2 aromatic rings. The lowest BCUT2D eigenvalue weighted by Gasteiger charge is -2.12. The van der Waals surface area contributed by atoms with Gasteiger partial charge >= 0.3 is 0 Å². The molecule has 7 heteroatoms. The van der Waals surface area contributed by atoms with Gasteiger partial charge in [-0.2, -0.15) is 5.10 Å². The van der Waals surface area contributed by atoms with Crippen LogP contribution in [0.15, 0.2) is 47.6 Å². The topological polar surface area (TPSA) is 66.0 Å². The second kappa shape index (κ2) is 9.85. The van der Waals surface area contributed by atoms with Crippen molar-refractivity contribution in [2.45, 2.75) is 20.8 Å². The zero-order valence-electron chi connectivity index (χ0n) is 16.9. The summed E-state index contributed by atoms with van der Waals surface area (Å²) in [6, 6.07) is 13.5. The van der Waals surface area contributed by atoms with Gasteiger partial charge in [-0.1, -0.05) is 17.7 Å². The van der Waals surface area contributed by atoms with Crippen molar-refractivity contribution in [3.05, 3.63) is 59.2 Å². The highest BCUT2D eigenvalue weighted by Crippen LogP contribution is 2.16. The fraction of sp³-hybridized carbons (Fsp3) is 0.286. The summed E-state index contributed by atoms with van der Waals surface area (Å²) in [5, 5.41) is 7.90. The number of hydrogen-bond acceptors (Lipinski definition) is 4. The van der Waals surface area contributed by atoms with Gasteiger partial charge in [0.25, 0.3) is 5.91 Å². The first-order valence-electron chi connectivity index (χ1n) is 8.88. The molecule has 2 rings (SSSR count). The Morgan fingerprint density at radius 1 is 1.14 bits per heavy atom. The van der Waals surface area contributed by atoms with Crippen molar-refractivity contribution in [2.24, 2.45) is 5.10 Å². The van der Waals surface area contributed by atoms with Crippen LogP contribution in [0.1, 0.15) is 23.6 Å². The summed E-state index contributed by atoms with van der Waals surface area (Å²) in [4.78, 5) is 13.1. The number of carbonyl (C=O) groups is 1. The van der Waals surface area contributed by atoms with E-state index in [1.165, 1.54) is 10.5 Å². The highest BCUT2D eigenvalue weighted by atomic mass is 32.1. The van der Waals surface area contributed by atoms with Crippen LogP contribution in [0.3, 0.4) is 0 Å². The zero-order valence-corrected chi connectivity index (χ0v) is 17.7. The smallest absolute Gasteiger partial charge is 0.259 e. The second-order valence-electron chi connectivity index (χ2n) is 6.68. The van der Waals surface area contributed by atoms with Crippen molar-refractivity contribution in [2.75, 3.05) is 26.0 Å². The van der Waals surface area contributed by atoms with Gasteiger partial charge in [-0.25, -0.2) is 0 Å². The summed E-state index contributed by atoms with van der Waals surface area (Å²) < 4.78 is 5.47. The molecule has 0 aromatic heterocycles. The van der Waals surface area contributed by atoms with E-state index in [1.807, 2.05) is 50.2 Å². The van der Waals surface area contributed by atoms with Gasteiger partial charge in [-0.15, -0.1) is 0 Å². The Kier molecular flexibility index (Phi) is 7.52. The van der Waals surface area contributed by atoms with Crippen molar-refractivity contribution in [3.8, 4) is 5.75 Å². The Labute approximate surface area is 171 Å². The van der Waals surface area contributed by atoms with Crippen molar-refractivity contribution < 1.29 is 9.53 Å². The van der Waals surface area contributed by atoms with Crippen LogP contribution in [0.2, 0.25) is 0 Å². The van der Waals surface area contributed by atoms with Gasteiger partial charge in [-0.3, -0.25) is 10.2 Å². The molecule has 0 fully saturated rings. The molecule has 0 aliphatic heterocycles. The van der Waals surface area contributed by atoms with Crippen molar-refractivity contribution in [1.29, 1.82) is 0 Å². The summed E-state index contributed by atoms with van der Waals surface area (Å²) in [7, 11) is 3.39. The number of thiocarbonyl (C=S) groups is 1. The average molecular weight is 399 g/mol. The lowest BCUT2D eigenvalue weighted by molar-refractivity contribution is -0.130. The van der Waals surface area contributed by atoms with Gasteiger partial charge in [0.15, 0.2) is 11.7 Å². The highest BCUT2D eigenvalue weighted by molar-refractivity contribution is 7.80. The molecule has 0 saturated carbocycles. The minimum atomic E-state index is -0.0872. The summed E-state index contributed by atoms with van der Waals surface area (Å²) in [5.41, 5.74) is 7.84. The first kappa shape index (κ1) is 21.4. The lowest BCUT2D eigenvalue weighted by Crippen LogP contribution is -2.27. The van der Waals surface area contributed by atoms with Crippen molar-refractivity contribution >= 4 is 34.6 Å². The number of nitrogens with one attached hydrogen (secondary N) is 2. The predicted octanol–water partition coefficient (Wildman–Crippen LogP) is 3.48. The van der Waals surface area contributed by atoms with Gasteiger partial charge in [0.1, 0.15) is 5.75 Å². The van der Waals surface area contributed by atoms with E-state index >= 15 is 0 Å². The Morgan fingerprint density at radius 3 is 2.43 bits per heavy atom.